The third-order valence-corrected chi connectivity index (χ3v) is 8.27. The number of fused-ring (bicyclic) bond motifs is 6. The average molecular weight is 450 g/mol. The van der Waals surface area contributed by atoms with E-state index in [0.29, 0.717) is 0 Å². The van der Waals surface area contributed by atoms with Crippen LogP contribution in [0.5, 0.6) is 0 Å². The Balaban J connectivity index is 1.73. The lowest BCUT2D eigenvalue weighted by molar-refractivity contribution is -0.663. The van der Waals surface area contributed by atoms with E-state index in [-0.39, 0.29) is 10.8 Å². The van der Waals surface area contributed by atoms with Crippen LogP contribution in [0, 0.1) is 13.8 Å². The van der Waals surface area contributed by atoms with Crippen LogP contribution in [0.15, 0.2) is 53.1 Å². The van der Waals surface area contributed by atoms with Crippen LogP contribution in [0.1, 0.15) is 62.9 Å². The van der Waals surface area contributed by atoms with Crippen molar-refractivity contribution in [2.24, 2.45) is 7.05 Å². The van der Waals surface area contributed by atoms with Gasteiger partial charge in [-0.1, -0.05) is 58.0 Å². The first kappa shape index (κ1) is 21.3. The largest absolute Gasteiger partial charge is 0.454 e. The Morgan fingerprint density at radius 1 is 0.853 bits per heavy atom. The second-order valence-corrected chi connectivity index (χ2v) is 11.5. The minimum absolute atomic E-state index is 0.0504. The maximum atomic E-state index is 6.73. The molecule has 0 amide bonds. The van der Waals surface area contributed by atoms with Crippen LogP contribution in [0.3, 0.4) is 0 Å². The van der Waals surface area contributed by atoms with Gasteiger partial charge in [-0.25, -0.2) is 4.57 Å². The van der Waals surface area contributed by atoms with Crippen LogP contribution in [0.4, 0.5) is 0 Å². The van der Waals surface area contributed by atoms with E-state index in [1.54, 1.807) is 0 Å². The van der Waals surface area contributed by atoms with Crippen molar-refractivity contribution in [3.63, 3.8) is 0 Å². The van der Waals surface area contributed by atoms with Crippen molar-refractivity contribution in [2.45, 2.75) is 65.2 Å². The second kappa shape index (κ2) is 6.91. The van der Waals surface area contributed by atoms with E-state index < -0.39 is 0 Å². The van der Waals surface area contributed by atoms with E-state index >= 15 is 0 Å². The highest BCUT2D eigenvalue weighted by atomic mass is 16.3. The summed E-state index contributed by atoms with van der Waals surface area (Å²) < 4.78 is 8.94. The molecule has 0 spiro atoms. The third kappa shape index (κ3) is 2.89. The highest BCUT2D eigenvalue weighted by Crippen LogP contribution is 2.46. The molecule has 3 nitrogen and oxygen atoms in total. The Morgan fingerprint density at radius 2 is 1.59 bits per heavy atom. The van der Waals surface area contributed by atoms with Crippen molar-refractivity contribution in [3.05, 3.63) is 71.0 Å². The van der Waals surface area contributed by atoms with Gasteiger partial charge in [-0.2, -0.15) is 0 Å². The van der Waals surface area contributed by atoms with Gasteiger partial charge in [0.15, 0.2) is 11.3 Å². The number of furan rings is 1. The minimum Gasteiger partial charge on any atom is -0.454 e. The third-order valence-electron chi connectivity index (χ3n) is 8.27. The smallest absolute Gasteiger partial charge is 0.334 e. The zero-order valence-electron chi connectivity index (χ0n) is 21.3. The lowest BCUT2D eigenvalue weighted by Crippen LogP contribution is -2.42. The summed E-state index contributed by atoms with van der Waals surface area (Å²) in [5.74, 6) is 0.985. The molecule has 0 atom stereocenters. The fraction of sp³-hybridized carbons (Fsp3) is 0.355. The van der Waals surface area contributed by atoms with E-state index in [1.165, 1.54) is 39.6 Å². The molecule has 0 N–H and O–H groups in total. The Labute approximate surface area is 201 Å². The number of hydrogen-bond acceptors (Lipinski definition) is 2. The van der Waals surface area contributed by atoms with E-state index in [1.807, 2.05) is 0 Å². The maximum Gasteiger partial charge on any atom is 0.334 e. The summed E-state index contributed by atoms with van der Waals surface area (Å²) in [6.45, 7) is 13.8. The average Bonchev–Trinajstić information content (AvgIpc) is 3.16. The van der Waals surface area contributed by atoms with Crippen molar-refractivity contribution in [1.29, 1.82) is 0 Å². The van der Waals surface area contributed by atoms with E-state index in [2.05, 4.69) is 102 Å². The molecule has 2 aromatic heterocycles. The summed E-state index contributed by atoms with van der Waals surface area (Å²) in [6.07, 6.45) is 4.65. The summed E-state index contributed by atoms with van der Waals surface area (Å²) in [7, 11) is 2.13. The number of rotatable bonds is 1. The molecule has 34 heavy (non-hydrogen) atoms. The molecule has 0 fully saturated rings. The van der Waals surface area contributed by atoms with Gasteiger partial charge in [0.25, 0.3) is 0 Å². The van der Waals surface area contributed by atoms with Crippen LogP contribution in [0.2, 0.25) is 0 Å². The van der Waals surface area contributed by atoms with Crippen molar-refractivity contribution in [3.8, 4) is 11.4 Å². The van der Waals surface area contributed by atoms with E-state index in [9.17, 15) is 0 Å². The molecule has 3 heteroatoms. The van der Waals surface area contributed by atoms with E-state index in [4.69, 9.17) is 9.40 Å². The monoisotopic (exact) mass is 449 g/mol. The van der Waals surface area contributed by atoms with Crippen LogP contribution < -0.4 is 4.57 Å². The van der Waals surface area contributed by atoms with Gasteiger partial charge in [-0.05, 0) is 65.7 Å². The van der Waals surface area contributed by atoms with Gasteiger partial charge in [0.05, 0.1) is 13.2 Å². The molecule has 1 aliphatic carbocycles. The SMILES string of the molecule is Cc1cc2c(oc3c4ccccc4ccc23)c(-c2nc3c(c[n+]2C)C(C)(C)CCC3(C)C)c1C. The predicted octanol–water partition coefficient (Wildman–Crippen LogP) is 7.59. The molecule has 6 rings (SSSR count). The highest BCUT2D eigenvalue weighted by Gasteiger charge is 2.43. The molecule has 0 saturated carbocycles. The number of nitrogens with zero attached hydrogens (tertiary/aromatic N) is 2. The summed E-state index contributed by atoms with van der Waals surface area (Å²) >= 11 is 0. The first-order chi connectivity index (χ1) is 16.1. The molecule has 3 aromatic carbocycles. The van der Waals surface area contributed by atoms with E-state index in [0.717, 1.165) is 39.7 Å². The Hall–Kier alpha value is -3.20. The molecule has 0 radical (unpaired) electrons. The molecule has 5 aromatic rings. The maximum absolute atomic E-state index is 6.73. The summed E-state index contributed by atoms with van der Waals surface area (Å²) in [5, 5.41) is 4.69. The zero-order chi connectivity index (χ0) is 24.0. The Kier molecular flexibility index (Phi) is 4.34. The van der Waals surface area contributed by atoms with Crippen LogP contribution >= 0.6 is 0 Å². The number of hydrogen-bond donors (Lipinski definition) is 0. The van der Waals surface area contributed by atoms with Gasteiger partial charge >= 0.3 is 5.82 Å². The molecular weight excluding hydrogens is 416 g/mol. The lowest BCUT2D eigenvalue weighted by atomic mass is 9.65. The van der Waals surface area contributed by atoms with Crippen molar-refractivity contribution >= 4 is 32.7 Å². The van der Waals surface area contributed by atoms with Gasteiger partial charge in [0, 0.05) is 27.1 Å². The molecule has 2 heterocycles. The standard InChI is InChI=1S/C31H33N2O/c1-18-16-23-22-13-12-20-10-8-9-11-21(20)26(22)34-27(23)25(19(18)2)29-32-28-24(17-33(29)7)30(3,4)14-15-31(28,5)6/h8-13,16-17H,14-15H2,1-7H3/q+1. The molecule has 1 aliphatic rings. The van der Waals surface area contributed by atoms with Gasteiger partial charge < -0.3 is 4.42 Å². The normalized spacial score (nSPS) is 16.9. The minimum atomic E-state index is 0.0504. The zero-order valence-corrected chi connectivity index (χ0v) is 21.3. The number of benzene rings is 3. The molecule has 0 saturated heterocycles. The molecule has 0 unspecified atom stereocenters. The number of aromatic nitrogens is 2. The van der Waals surface area contributed by atoms with Crippen molar-refractivity contribution < 1.29 is 8.98 Å². The van der Waals surface area contributed by atoms with Gasteiger partial charge in [0.1, 0.15) is 11.1 Å². The second-order valence-electron chi connectivity index (χ2n) is 11.5. The summed E-state index contributed by atoms with van der Waals surface area (Å²) in [4.78, 5) is 5.42. The fourth-order valence-corrected chi connectivity index (χ4v) is 5.82. The van der Waals surface area contributed by atoms with Gasteiger partial charge in [-0.15, -0.1) is 0 Å². The molecular formula is C31H33N2O+. The quantitative estimate of drug-likeness (QED) is 0.247. The first-order valence-electron chi connectivity index (χ1n) is 12.3. The van der Waals surface area contributed by atoms with Gasteiger partial charge in [0.2, 0.25) is 0 Å². The molecule has 0 aliphatic heterocycles. The van der Waals surface area contributed by atoms with Crippen LogP contribution in [0.25, 0.3) is 44.1 Å². The molecule has 172 valence electrons. The fourth-order valence-electron chi connectivity index (χ4n) is 5.82. The Morgan fingerprint density at radius 3 is 2.38 bits per heavy atom. The van der Waals surface area contributed by atoms with Gasteiger partial charge in [-0.3, -0.25) is 0 Å². The number of aryl methyl sites for hydroxylation is 2. The predicted molar refractivity (Wildman–Crippen MR) is 140 cm³/mol. The van der Waals surface area contributed by atoms with Crippen LogP contribution in [-0.2, 0) is 17.9 Å². The van der Waals surface area contributed by atoms with Crippen LogP contribution in [-0.4, -0.2) is 4.98 Å². The first-order valence-corrected chi connectivity index (χ1v) is 12.3. The van der Waals surface area contributed by atoms with Crippen molar-refractivity contribution in [2.75, 3.05) is 0 Å². The summed E-state index contributed by atoms with van der Waals surface area (Å²) in [6, 6.07) is 15.1. The van der Waals surface area contributed by atoms with Crippen molar-refractivity contribution in [1.82, 2.24) is 4.98 Å². The Bertz CT molecular complexity index is 1640. The highest BCUT2D eigenvalue weighted by molar-refractivity contribution is 6.17. The molecule has 0 bridgehead atoms. The lowest BCUT2D eigenvalue weighted by Gasteiger charge is -2.37. The summed E-state index contributed by atoms with van der Waals surface area (Å²) in [5.41, 5.74) is 8.27. The topological polar surface area (TPSA) is 29.9 Å².